The SMILES string of the molecule is Cc1ccc(C)c(NC(=O)NCC(C)(O)C(=O)O)c1. The fourth-order valence-electron chi connectivity index (χ4n) is 1.37. The van der Waals surface area contributed by atoms with Gasteiger partial charge in [-0.3, -0.25) is 0 Å². The summed E-state index contributed by atoms with van der Waals surface area (Å²) in [5, 5.41) is 23.1. The molecule has 0 heterocycles. The predicted octanol–water partition coefficient (Wildman–Crippen LogP) is 1.26. The first-order valence-electron chi connectivity index (χ1n) is 5.80. The first-order valence-corrected chi connectivity index (χ1v) is 5.80. The fourth-order valence-corrected chi connectivity index (χ4v) is 1.37. The fraction of sp³-hybridized carbons (Fsp3) is 0.385. The van der Waals surface area contributed by atoms with Crippen LogP contribution in [0.3, 0.4) is 0 Å². The highest BCUT2D eigenvalue weighted by Crippen LogP contribution is 2.16. The van der Waals surface area contributed by atoms with Crippen LogP contribution in [0.2, 0.25) is 0 Å². The molecule has 0 aliphatic carbocycles. The number of urea groups is 1. The van der Waals surface area contributed by atoms with Crippen molar-refractivity contribution in [2.45, 2.75) is 26.4 Å². The molecule has 1 atom stereocenters. The van der Waals surface area contributed by atoms with Crippen LogP contribution in [0.15, 0.2) is 18.2 Å². The largest absolute Gasteiger partial charge is 0.479 e. The minimum Gasteiger partial charge on any atom is -0.479 e. The highest BCUT2D eigenvalue weighted by atomic mass is 16.4. The van der Waals surface area contributed by atoms with E-state index in [1.807, 2.05) is 32.0 Å². The Kier molecular flexibility index (Phi) is 4.50. The number of anilines is 1. The zero-order chi connectivity index (χ0) is 14.6. The lowest BCUT2D eigenvalue weighted by molar-refractivity contribution is -0.155. The highest BCUT2D eigenvalue weighted by molar-refractivity contribution is 5.90. The summed E-state index contributed by atoms with van der Waals surface area (Å²) >= 11 is 0. The molecular formula is C13H18N2O4. The van der Waals surface area contributed by atoms with Crippen molar-refractivity contribution in [3.05, 3.63) is 29.3 Å². The molecule has 19 heavy (non-hydrogen) atoms. The van der Waals surface area contributed by atoms with E-state index in [0.717, 1.165) is 18.1 Å². The van der Waals surface area contributed by atoms with Crippen molar-refractivity contribution >= 4 is 17.7 Å². The number of carboxylic acids is 1. The van der Waals surface area contributed by atoms with E-state index in [0.29, 0.717) is 5.69 Å². The van der Waals surface area contributed by atoms with Gasteiger partial charge < -0.3 is 20.8 Å². The Morgan fingerprint density at radius 1 is 1.32 bits per heavy atom. The van der Waals surface area contributed by atoms with Gasteiger partial charge in [-0.25, -0.2) is 9.59 Å². The van der Waals surface area contributed by atoms with E-state index in [1.165, 1.54) is 0 Å². The monoisotopic (exact) mass is 266 g/mol. The Balaban J connectivity index is 2.61. The standard InChI is InChI=1S/C13H18N2O4/c1-8-4-5-9(2)10(6-8)15-12(18)14-7-13(3,19)11(16)17/h4-6,19H,7H2,1-3H3,(H,16,17)(H2,14,15,18). The number of rotatable bonds is 4. The number of aliphatic hydroxyl groups is 1. The topological polar surface area (TPSA) is 98.7 Å². The van der Waals surface area contributed by atoms with Crippen LogP contribution in [-0.4, -0.2) is 34.4 Å². The Labute approximate surface area is 111 Å². The van der Waals surface area contributed by atoms with Gasteiger partial charge in [0.2, 0.25) is 0 Å². The third-order valence-corrected chi connectivity index (χ3v) is 2.70. The second-order valence-corrected chi connectivity index (χ2v) is 4.71. The number of aliphatic carboxylic acids is 1. The lowest BCUT2D eigenvalue weighted by atomic mass is 10.1. The summed E-state index contributed by atoms with van der Waals surface area (Å²) in [6.45, 7) is 4.49. The summed E-state index contributed by atoms with van der Waals surface area (Å²) in [6, 6.07) is 5.05. The van der Waals surface area contributed by atoms with Crippen LogP contribution in [-0.2, 0) is 4.79 Å². The number of carbonyl (C=O) groups excluding carboxylic acids is 1. The van der Waals surface area contributed by atoms with Gasteiger partial charge in [-0.1, -0.05) is 12.1 Å². The van der Waals surface area contributed by atoms with Gasteiger partial charge in [0, 0.05) is 5.69 Å². The number of carbonyl (C=O) groups is 2. The number of benzene rings is 1. The van der Waals surface area contributed by atoms with Crippen LogP contribution >= 0.6 is 0 Å². The van der Waals surface area contributed by atoms with Gasteiger partial charge in [-0.2, -0.15) is 0 Å². The summed E-state index contributed by atoms with van der Waals surface area (Å²) in [5.41, 5.74) is 0.551. The molecule has 1 unspecified atom stereocenters. The molecule has 0 fully saturated rings. The first kappa shape index (κ1) is 15.0. The van der Waals surface area contributed by atoms with Crippen LogP contribution < -0.4 is 10.6 Å². The van der Waals surface area contributed by atoms with Gasteiger partial charge in [0.15, 0.2) is 5.60 Å². The molecule has 6 heteroatoms. The third-order valence-electron chi connectivity index (χ3n) is 2.70. The van der Waals surface area contributed by atoms with E-state index in [9.17, 15) is 14.7 Å². The Morgan fingerprint density at radius 2 is 1.95 bits per heavy atom. The molecule has 1 aromatic carbocycles. The predicted molar refractivity (Wildman–Crippen MR) is 71.2 cm³/mol. The van der Waals surface area contributed by atoms with Crippen molar-refractivity contribution in [3.8, 4) is 0 Å². The molecule has 0 aromatic heterocycles. The van der Waals surface area contributed by atoms with Gasteiger partial charge >= 0.3 is 12.0 Å². The average molecular weight is 266 g/mol. The van der Waals surface area contributed by atoms with Gasteiger partial charge in [-0.15, -0.1) is 0 Å². The van der Waals surface area contributed by atoms with Crippen LogP contribution in [0.1, 0.15) is 18.1 Å². The first-order chi connectivity index (χ1) is 8.72. The van der Waals surface area contributed by atoms with E-state index in [-0.39, 0.29) is 6.54 Å². The maximum absolute atomic E-state index is 11.6. The minimum atomic E-state index is -1.99. The van der Waals surface area contributed by atoms with Gasteiger partial charge in [-0.05, 0) is 38.0 Å². The maximum Gasteiger partial charge on any atom is 0.337 e. The molecule has 0 bridgehead atoms. The number of carboxylic acid groups (broad SMARTS) is 1. The Morgan fingerprint density at radius 3 is 2.53 bits per heavy atom. The molecule has 6 nitrogen and oxygen atoms in total. The summed E-state index contributed by atoms with van der Waals surface area (Å²) in [7, 11) is 0. The van der Waals surface area contributed by atoms with Crippen LogP contribution in [0.4, 0.5) is 10.5 Å². The van der Waals surface area contributed by atoms with Crippen LogP contribution in [0, 0.1) is 13.8 Å². The van der Waals surface area contributed by atoms with Gasteiger partial charge in [0.25, 0.3) is 0 Å². The highest BCUT2D eigenvalue weighted by Gasteiger charge is 2.30. The number of aryl methyl sites for hydroxylation is 2. The molecule has 2 amide bonds. The lowest BCUT2D eigenvalue weighted by Gasteiger charge is -2.18. The summed E-state index contributed by atoms with van der Waals surface area (Å²) in [5.74, 6) is -1.39. The molecule has 0 spiro atoms. The van der Waals surface area contributed by atoms with E-state index >= 15 is 0 Å². The summed E-state index contributed by atoms with van der Waals surface area (Å²) in [6.07, 6.45) is 0. The van der Waals surface area contributed by atoms with Crippen molar-refractivity contribution in [1.82, 2.24) is 5.32 Å². The van der Waals surface area contributed by atoms with E-state index in [4.69, 9.17) is 5.11 Å². The van der Waals surface area contributed by atoms with Crippen molar-refractivity contribution in [2.24, 2.45) is 0 Å². The summed E-state index contributed by atoms with van der Waals surface area (Å²) in [4.78, 5) is 22.3. The molecule has 1 rings (SSSR count). The molecule has 0 aliphatic heterocycles. The molecule has 0 aliphatic rings. The van der Waals surface area contributed by atoms with Crippen molar-refractivity contribution in [1.29, 1.82) is 0 Å². The molecule has 0 saturated heterocycles. The van der Waals surface area contributed by atoms with Crippen LogP contribution in [0.25, 0.3) is 0 Å². The molecule has 4 N–H and O–H groups in total. The normalized spacial score (nSPS) is 13.5. The van der Waals surface area contributed by atoms with Crippen LogP contribution in [0.5, 0.6) is 0 Å². The number of nitrogens with one attached hydrogen (secondary N) is 2. The smallest absolute Gasteiger partial charge is 0.337 e. The zero-order valence-corrected chi connectivity index (χ0v) is 11.2. The maximum atomic E-state index is 11.6. The molecule has 1 aromatic rings. The van der Waals surface area contributed by atoms with Crippen molar-refractivity contribution in [3.63, 3.8) is 0 Å². The quantitative estimate of drug-likeness (QED) is 0.659. The van der Waals surface area contributed by atoms with Gasteiger partial charge in [0.05, 0.1) is 6.54 Å². The lowest BCUT2D eigenvalue weighted by Crippen LogP contribution is -2.47. The number of hydrogen-bond acceptors (Lipinski definition) is 3. The van der Waals surface area contributed by atoms with E-state index in [1.54, 1.807) is 0 Å². The third kappa shape index (κ3) is 4.26. The molecule has 0 radical (unpaired) electrons. The van der Waals surface area contributed by atoms with Crippen molar-refractivity contribution < 1.29 is 19.8 Å². The zero-order valence-electron chi connectivity index (χ0n) is 11.2. The second kappa shape index (κ2) is 5.71. The summed E-state index contributed by atoms with van der Waals surface area (Å²) < 4.78 is 0. The van der Waals surface area contributed by atoms with E-state index < -0.39 is 17.6 Å². The average Bonchev–Trinajstić information content (AvgIpc) is 2.31. The van der Waals surface area contributed by atoms with Gasteiger partial charge in [0.1, 0.15) is 0 Å². The molecule has 0 saturated carbocycles. The second-order valence-electron chi connectivity index (χ2n) is 4.71. The Bertz CT molecular complexity index is 497. The van der Waals surface area contributed by atoms with E-state index in [2.05, 4.69) is 10.6 Å². The Hall–Kier alpha value is -2.08. The molecule has 104 valence electrons. The number of hydrogen-bond donors (Lipinski definition) is 4. The molecular weight excluding hydrogens is 248 g/mol. The van der Waals surface area contributed by atoms with Crippen molar-refractivity contribution in [2.75, 3.05) is 11.9 Å². The number of amides is 2. The minimum absolute atomic E-state index is 0.376.